The van der Waals surface area contributed by atoms with Gasteiger partial charge in [0.05, 0.1) is 6.10 Å². The highest BCUT2D eigenvalue weighted by Gasteiger charge is 2.33. The van der Waals surface area contributed by atoms with Crippen molar-refractivity contribution in [2.75, 3.05) is 11.9 Å². The van der Waals surface area contributed by atoms with E-state index < -0.39 is 5.60 Å². The molecule has 0 radical (unpaired) electrons. The van der Waals surface area contributed by atoms with Crippen LogP contribution in [-0.4, -0.2) is 24.2 Å². The fraction of sp³-hybridized carbons (Fsp3) is 0.667. The molecule has 1 aromatic rings. The predicted octanol–water partition coefficient (Wildman–Crippen LogP) is 5.40. The lowest BCUT2D eigenvalue weighted by Crippen LogP contribution is -2.42. The third-order valence-corrected chi connectivity index (χ3v) is 4.27. The highest BCUT2D eigenvalue weighted by Crippen LogP contribution is 2.29. The molecular formula is C21H35NO3. The van der Waals surface area contributed by atoms with E-state index in [4.69, 9.17) is 9.47 Å². The predicted molar refractivity (Wildman–Crippen MR) is 104 cm³/mol. The van der Waals surface area contributed by atoms with Crippen LogP contribution < -0.4 is 10.1 Å². The number of nitrogens with one attached hydrogen (secondary N) is 1. The molecule has 0 aliphatic rings. The molecule has 0 bridgehead atoms. The summed E-state index contributed by atoms with van der Waals surface area (Å²) in [7, 11) is 0. The van der Waals surface area contributed by atoms with Gasteiger partial charge in [0.25, 0.3) is 5.91 Å². The van der Waals surface area contributed by atoms with E-state index in [2.05, 4.69) is 12.2 Å². The number of carbonyl (C=O) groups is 1. The number of aryl methyl sites for hydroxylation is 2. The summed E-state index contributed by atoms with van der Waals surface area (Å²) in [4.78, 5) is 12.8. The van der Waals surface area contributed by atoms with Crippen LogP contribution in [0.4, 0.5) is 5.69 Å². The molecule has 25 heavy (non-hydrogen) atoms. The Labute approximate surface area is 153 Å². The van der Waals surface area contributed by atoms with Crippen LogP contribution in [0.25, 0.3) is 0 Å². The van der Waals surface area contributed by atoms with Gasteiger partial charge >= 0.3 is 0 Å². The van der Waals surface area contributed by atoms with E-state index in [9.17, 15) is 4.79 Å². The first-order chi connectivity index (χ1) is 11.7. The van der Waals surface area contributed by atoms with Crippen LogP contribution >= 0.6 is 0 Å². The number of hydrogen-bond donors (Lipinski definition) is 1. The summed E-state index contributed by atoms with van der Waals surface area (Å²) < 4.78 is 11.7. The van der Waals surface area contributed by atoms with Gasteiger partial charge in [-0.2, -0.15) is 0 Å². The van der Waals surface area contributed by atoms with Gasteiger partial charge in [-0.05, 0) is 71.2 Å². The van der Waals surface area contributed by atoms with Gasteiger partial charge in [0.1, 0.15) is 11.4 Å². The zero-order valence-electron chi connectivity index (χ0n) is 17.0. The fourth-order valence-corrected chi connectivity index (χ4v) is 2.99. The molecule has 0 heterocycles. The maximum absolute atomic E-state index is 12.8. The number of amides is 1. The summed E-state index contributed by atoms with van der Waals surface area (Å²) in [5.74, 6) is 0.810. The van der Waals surface area contributed by atoms with Gasteiger partial charge in [0.15, 0.2) is 0 Å². The smallest absolute Gasteiger partial charge is 0.256 e. The van der Waals surface area contributed by atoms with Gasteiger partial charge in [0.2, 0.25) is 0 Å². The molecule has 0 saturated heterocycles. The van der Waals surface area contributed by atoms with Crippen LogP contribution in [0.2, 0.25) is 0 Å². The van der Waals surface area contributed by atoms with Crippen molar-refractivity contribution in [3.05, 3.63) is 23.3 Å². The molecule has 1 rings (SSSR count). The fourth-order valence-electron chi connectivity index (χ4n) is 2.99. The Bertz CT molecular complexity index is 545. The summed E-state index contributed by atoms with van der Waals surface area (Å²) in [6.45, 7) is 14.5. The lowest BCUT2D eigenvalue weighted by molar-refractivity contribution is -0.139. The zero-order valence-corrected chi connectivity index (χ0v) is 17.0. The maximum atomic E-state index is 12.8. The number of hydrogen-bond acceptors (Lipinski definition) is 3. The highest BCUT2D eigenvalue weighted by molar-refractivity contribution is 5.97. The second-order valence-electron chi connectivity index (χ2n) is 7.18. The average molecular weight is 350 g/mol. The van der Waals surface area contributed by atoms with E-state index >= 15 is 0 Å². The molecule has 1 aromatic carbocycles. The van der Waals surface area contributed by atoms with Crippen LogP contribution in [0.15, 0.2) is 12.1 Å². The summed E-state index contributed by atoms with van der Waals surface area (Å²) in [6.07, 6.45) is 4.07. The third-order valence-electron chi connectivity index (χ3n) is 4.27. The van der Waals surface area contributed by atoms with Crippen LogP contribution in [0, 0.1) is 13.8 Å². The molecule has 4 heteroatoms. The van der Waals surface area contributed by atoms with Crippen molar-refractivity contribution in [2.24, 2.45) is 0 Å². The number of ether oxygens (including phenoxy) is 2. The van der Waals surface area contributed by atoms with Gasteiger partial charge < -0.3 is 14.8 Å². The molecular weight excluding hydrogens is 314 g/mol. The molecule has 0 saturated carbocycles. The maximum Gasteiger partial charge on any atom is 0.256 e. The monoisotopic (exact) mass is 349 g/mol. The third kappa shape index (κ3) is 6.35. The largest absolute Gasteiger partial charge is 0.490 e. The number of unbranched alkanes of at least 4 members (excludes halogenated alkanes) is 2. The highest BCUT2D eigenvalue weighted by atomic mass is 16.5. The molecule has 4 nitrogen and oxygen atoms in total. The first-order valence-electron chi connectivity index (χ1n) is 9.46. The molecule has 0 aromatic heterocycles. The van der Waals surface area contributed by atoms with E-state index in [-0.39, 0.29) is 12.0 Å². The van der Waals surface area contributed by atoms with Gasteiger partial charge in [-0.15, -0.1) is 0 Å². The number of benzene rings is 1. The van der Waals surface area contributed by atoms with Crippen molar-refractivity contribution in [3.8, 4) is 5.75 Å². The Morgan fingerprint density at radius 2 is 1.76 bits per heavy atom. The van der Waals surface area contributed by atoms with Crippen molar-refractivity contribution < 1.29 is 14.3 Å². The minimum absolute atomic E-state index is 0.0817. The van der Waals surface area contributed by atoms with Crippen molar-refractivity contribution >= 4 is 11.6 Å². The van der Waals surface area contributed by atoms with Gasteiger partial charge in [-0.3, -0.25) is 4.79 Å². The summed E-state index contributed by atoms with van der Waals surface area (Å²) >= 11 is 0. The molecule has 1 N–H and O–H groups in total. The van der Waals surface area contributed by atoms with E-state index in [0.29, 0.717) is 6.61 Å². The topological polar surface area (TPSA) is 47.6 Å². The summed E-state index contributed by atoms with van der Waals surface area (Å²) in [5, 5.41) is 3.04. The number of anilines is 1. The Morgan fingerprint density at radius 3 is 2.24 bits per heavy atom. The lowest BCUT2D eigenvalue weighted by atomic mass is 9.96. The Kier molecular flexibility index (Phi) is 8.43. The molecule has 1 amide bonds. The lowest BCUT2D eigenvalue weighted by Gasteiger charge is -2.28. The van der Waals surface area contributed by atoms with Crippen molar-refractivity contribution in [1.29, 1.82) is 0 Å². The Balaban J connectivity index is 2.93. The van der Waals surface area contributed by atoms with E-state index in [1.54, 1.807) is 0 Å². The van der Waals surface area contributed by atoms with E-state index in [1.807, 2.05) is 53.7 Å². The molecule has 0 aliphatic heterocycles. The molecule has 1 atom stereocenters. The first kappa shape index (κ1) is 21.5. The average Bonchev–Trinajstić information content (AvgIpc) is 2.51. The van der Waals surface area contributed by atoms with Gasteiger partial charge in [0, 0.05) is 12.3 Å². The first-order valence-corrected chi connectivity index (χ1v) is 9.46. The minimum Gasteiger partial charge on any atom is -0.490 e. The summed E-state index contributed by atoms with van der Waals surface area (Å²) in [6, 6.07) is 3.92. The molecule has 0 spiro atoms. The molecule has 0 fully saturated rings. The minimum atomic E-state index is -0.793. The Hall–Kier alpha value is -1.55. The van der Waals surface area contributed by atoms with Gasteiger partial charge in [-0.25, -0.2) is 0 Å². The quantitative estimate of drug-likeness (QED) is 0.575. The SMILES string of the molecule is CCCCCC(C)(OCC)C(=O)Nc1cc(C)c(OC(C)C)c(C)c1. The second kappa shape index (κ2) is 9.81. The Morgan fingerprint density at radius 1 is 1.16 bits per heavy atom. The normalized spacial score (nSPS) is 13.6. The summed E-state index contributed by atoms with van der Waals surface area (Å²) in [5.41, 5.74) is 2.04. The van der Waals surface area contributed by atoms with Crippen molar-refractivity contribution in [3.63, 3.8) is 0 Å². The second-order valence-corrected chi connectivity index (χ2v) is 7.18. The van der Waals surface area contributed by atoms with Crippen LogP contribution in [-0.2, 0) is 9.53 Å². The number of rotatable bonds is 10. The van der Waals surface area contributed by atoms with E-state index in [0.717, 1.165) is 48.2 Å². The number of carbonyl (C=O) groups excluding carboxylic acids is 1. The molecule has 142 valence electrons. The molecule has 0 aliphatic carbocycles. The van der Waals surface area contributed by atoms with Crippen molar-refractivity contribution in [2.45, 2.75) is 85.9 Å². The van der Waals surface area contributed by atoms with Crippen LogP contribution in [0.1, 0.15) is 71.4 Å². The van der Waals surface area contributed by atoms with Gasteiger partial charge in [-0.1, -0.05) is 26.2 Å². The molecule has 1 unspecified atom stereocenters. The standard InChI is InChI=1S/C21H35NO3/c1-8-10-11-12-21(7,24-9-2)20(23)22-18-13-16(5)19(17(6)14-18)25-15(3)4/h13-15H,8-12H2,1-7H3,(H,22,23). The van der Waals surface area contributed by atoms with Crippen LogP contribution in [0.3, 0.4) is 0 Å². The van der Waals surface area contributed by atoms with Crippen molar-refractivity contribution in [1.82, 2.24) is 0 Å². The van der Waals surface area contributed by atoms with Crippen LogP contribution in [0.5, 0.6) is 5.75 Å². The zero-order chi connectivity index (χ0) is 19.0. The van der Waals surface area contributed by atoms with E-state index in [1.165, 1.54) is 0 Å².